The van der Waals surface area contributed by atoms with E-state index in [0.29, 0.717) is 23.6 Å². The number of unbranched alkanes of at least 4 members (excludes halogenated alkanes) is 1. The molecule has 1 aliphatic rings. The van der Waals surface area contributed by atoms with Gasteiger partial charge in [-0.15, -0.1) is 6.58 Å². The van der Waals surface area contributed by atoms with Crippen LogP contribution in [0, 0.1) is 29.2 Å². The zero-order valence-corrected chi connectivity index (χ0v) is 16.6. The number of hydrogen-bond acceptors (Lipinski definition) is 1. The molecule has 30 heavy (non-hydrogen) atoms. The van der Waals surface area contributed by atoms with Crippen molar-refractivity contribution < 1.29 is 27.5 Å². The first kappa shape index (κ1) is 22.1. The number of halogens is 4. The van der Waals surface area contributed by atoms with Crippen LogP contribution in [0.1, 0.15) is 66.8 Å². The molecule has 1 saturated carbocycles. The third-order valence-corrected chi connectivity index (χ3v) is 5.98. The van der Waals surface area contributed by atoms with Crippen molar-refractivity contribution in [3.05, 3.63) is 71.3 Å². The van der Waals surface area contributed by atoms with Gasteiger partial charge in [0.2, 0.25) is 0 Å². The fourth-order valence-corrected chi connectivity index (χ4v) is 4.40. The maximum atomic E-state index is 15.1. The lowest BCUT2D eigenvalue weighted by Gasteiger charge is -2.30. The smallest absolute Gasteiger partial charge is 0.338 e. The van der Waals surface area contributed by atoms with Gasteiger partial charge in [0.15, 0.2) is 17.5 Å². The zero-order chi connectivity index (χ0) is 21.8. The number of rotatable bonds is 7. The minimum Gasteiger partial charge on any atom is -0.478 e. The highest BCUT2D eigenvalue weighted by Gasteiger charge is 2.28. The molecule has 2 aromatic rings. The number of carboxylic acids is 1. The summed E-state index contributed by atoms with van der Waals surface area (Å²) in [5.74, 6) is -6.57. The highest BCUT2D eigenvalue weighted by atomic mass is 19.2. The quantitative estimate of drug-likeness (QED) is 0.222. The highest BCUT2D eigenvalue weighted by Crippen LogP contribution is 2.43. The van der Waals surface area contributed by atoms with Crippen molar-refractivity contribution in [2.45, 2.75) is 50.9 Å². The Bertz CT molecular complexity index is 923. The van der Waals surface area contributed by atoms with Crippen LogP contribution in [0.3, 0.4) is 0 Å². The van der Waals surface area contributed by atoms with Gasteiger partial charge < -0.3 is 5.11 Å². The topological polar surface area (TPSA) is 37.3 Å². The van der Waals surface area contributed by atoms with Crippen LogP contribution >= 0.6 is 0 Å². The monoisotopic (exact) mass is 420 g/mol. The molecule has 0 unspecified atom stereocenters. The molecule has 2 nitrogen and oxygen atoms in total. The van der Waals surface area contributed by atoms with Crippen LogP contribution in [-0.4, -0.2) is 11.1 Å². The van der Waals surface area contributed by atoms with Crippen LogP contribution in [0.15, 0.2) is 36.9 Å². The Morgan fingerprint density at radius 1 is 1.03 bits per heavy atom. The Balaban J connectivity index is 1.97. The molecule has 0 spiro atoms. The van der Waals surface area contributed by atoms with Gasteiger partial charge in [-0.05, 0) is 79.7 Å². The number of allylic oxidation sites excluding steroid dienone is 1. The van der Waals surface area contributed by atoms with E-state index >= 15 is 4.39 Å². The van der Waals surface area contributed by atoms with Gasteiger partial charge in [-0.3, -0.25) is 0 Å². The van der Waals surface area contributed by atoms with Crippen molar-refractivity contribution >= 4 is 5.97 Å². The van der Waals surface area contributed by atoms with Crippen LogP contribution in [0.5, 0.6) is 0 Å². The second-order valence-electron chi connectivity index (χ2n) is 7.89. The van der Waals surface area contributed by atoms with Crippen LogP contribution in [0.4, 0.5) is 17.6 Å². The van der Waals surface area contributed by atoms with Gasteiger partial charge in [0, 0.05) is 5.56 Å². The summed E-state index contributed by atoms with van der Waals surface area (Å²) in [6.07, 6.45) is 8.44. The maximum Gasteiger partial charge on any atom is 0.338 e. The van der Waals surface area contributed by atoms with Crippen molar-refractivity contribution in [3.8, 4) is 11.1 Å². The van der Waals surface area contributed by atoms with E-state index in [0.717, 1.165) is 44.9 Å². The van der Waals surface area contributed by atoms with E-state index in [9.17, 15) is 23.1 Å². The van der Waals surface area contributed by atoms with Crippen LogP contribution < -0.4 is 0 Å². The molecule has 0 atom stereocenters. The van der Waals surface area contributed by atoms with E-state index in [-0.39, 0.29) is 17.0 Å². The first-order chi connectivity index (χ1) is 14.3. The minimum atomic E-state index is -1.64. The molecule has 6 heteroatoms. The Morgan fingerprint density at radius 2 is 1.67 bits per heavy atom. The molecule has 0 heterocycles. The Kier molecular flexibility index (Phi) is 6.95. The fraction of sp³-hybridized carbons (Fsp3) is 0.375. The molecule has 1 fully saturated rings. The SMILES string of the molecule is C=CCCC[C@H]1CC[C@H](c2ccc(C(=O)O)c(F)c2-c2cc(F)c(F)c(F)c2)CC1. The molecular weight excluding hydrogens is 396 g/mol. The van der Waals surface area contributed by atoms with E-state index in [1.165, 1.54) is 12.1 Å². The maximum absolute atomic E-state index is 15.1. The summed E-state index contributed by atoms with van der Waals surface area (Å²) in [5, 5.41) is 9.27. The lowest BCUT2D eigenvalue weighted by molar-refractivity contribution is 0.0692. The van der Waals surface area contributed by atoms with Gasteiger partial charge in [-0.1, -0.05) is 18.6 Å². The zero-order valence-electron chi connectivity index (χ0n) is 16.6. The van der Waals surface area contributed by atoms with E-state index in [2.05, 4.69) is 6.58 Å². The molecule has 0 bridgehead atoms. The predicted octanol–water partition coefficient (Wildman–Crippen LogP) is 7.24. The Hall–Kier alpha value is -2.63. The number of carbonyl (C=O) groups is 1. The summed E-state index contributed by atoms with van der Waals surface area (Å²) >= 11 is 0. The van der Waals surface area contributed by atoms with Crippen molar-refractivity contribution in [2.75, 3.05) is 0 Å². The third kappa shape index (κ3) is 4.58. The lowest BCUT2D eigenvalue weighted by Crippen LogP contribution is -2.15. The number of aromatic carboxylic acids is 1. The molecule has 1 N–H and O–H groups in total. The molecule has 2 aromatic carbocycles. The van der Waals surface area contributed by atoms with E-state index in [4.69, 9.17) is 0 Å². The van der Waals surface area contributed by atoms with Crippen LogP contribution in [0.2, 0.25) is 0 Å². The van der Waals surface area contributed by atoms with Crippen molar-refractivity contribution in [3.63, 3.8) is 0 Å². The van der Waals surface area contributed by atoms with Gasteiger partial charge in [0.1, 0.15) is 5.82 Å². The summed E-state index contributed by atoms with van der Waals surface area (Å²) in [6.45, 7) is 3.72. The molecule has 0 amide bonds. The summed E-state index contributed by atoms with van der Waals surface area (Å²) in [4.78, 5) is 11.4. The summed E-state index contributed by atoms with van der Waals surface area (Å²) in [7, 11) is 0. The first-order valence-corrected chi connectivity index (χ1v) is 10.1. The van der Waals surface area contributed by atoms with E-state index in [1.54, 1.807) is 0 Å². The van der Waals surface area contributed by atoms with E-state index in [1.807, 2.05) is 6.08 Å². The molecule has 160 valence electrons. The fourth-order valence-electron chi connectivity index (χ4n) is 4.40. The average Bonchev–Trinajstić information content (AvgIpc) is 2.72. The highest BCUT2D eigenvalue weighted by molar-refractivity contribution is 5.90. The summed E-state index contributed by atoms with van der Waals surface area (Å²) in [5.41, 5.74) is -0.442. The first-order valence-electron chi connectivity index (χ1n) is 10.1. The molecule has 1 aliphatic carbocycles. The molecule has 3 rings (SSSR count). The third-order valence-electron chi connectivity index (χ3n) is 5.98. The van der Waals surface area contributed by atoms with Crippen LogP contribution in [0.25, 0.3) is 11.1 Å². The Morgan fingerprint density at radius 3 is 2.23 bits per heavy atom. The van der Waals surface area contributed by atoms with Crippen LogP contribution in [-0.2, 0) is 0 Å². The average molecular weight is 420 g/mol. The molecule has 0 aromatic heterocycles. The molecular formula is C24H24F4O2. The summed E-state index contributed by atoms with van der Waals surface area (Å²) in [6, 6.07) is 4.13. The molecule has 0 saturated heterocycles. The standard InChI is InChI=1S/C24H24F4O2/c1-2-3-4-5-14-6-8-15(9-7-14)17-10-11-18(24(29)30)22(27)21(17)16-12-19(25)23(28)20(26)13-16/h2,10-15H,1,3-9H2,(H,29,30)/t14-,15-. The second-order valence-corrected chi connectivity index (χ2v) is 7.89. The number of carboxylic acid groups (broad SMARTS) is 1. The Labute approximate surface area is 173 Å². The van der Waals surface area contributed by atoms with Gasteiger partial charge >= 0.3 is 5.97 Å². The van der Waals surface area contributed by atoms with Crippen molar-refractivity contribution in [1.82, 2.24) is 0 Å². The van der Waals surface area contributed by atoms with Crippen molar-refractivity contribution in [1.29, 1.82) is 0 Å². The predicted molar refractivity (Wildman–Crippen MR) is 107 cm³/mol. The van der Waals surface area contributed by atoms with E-state index < -0.39 is 34.8 Å². The largest absolute Gasteiger partial charge is 0.478 e. The minimum absolute atomic E-state index is 0.0656. The lowest BCUT2D eigenvalue weighted by atomic mass is 9.75. The summed E-state index contributed by atoms with van der Waals surface area (Å²) < 4.78 is 56.2. The van der Waals surface area contributed by atoms with Gasteiger partial charge in [0.25, 0.3) is 0 Å². The number of benzene rings is 2. The van der Waals surface area contributed by atoms with Gasteiger partial charge in [0.05, 0.1) is 5.56 Å². The molecule has 0 aliphatic heterocycles. The number of hydrogen-bond donors (Lipinski definition) is 1. The van der Waals surface area contributed by atoms with Crippen molar-refractivity contribution in [2.24, 2.45) is 5.92 Å². The van der Waals surface area contributed by atoms with Gasteiger partial charge in [-0.2, -0.15) is 0 Å². The second kappa shape index (κ2) is 9.45. The van der Waals surface area contributed by atoms with Gasteiger partial charge in [-0.25, -0.2) is 22.4 Å². The normalized spacial score (nSPS) is 18.9. The molecule has 0 radical (unpaired) electrons.